The van der Waals surface area contributed by atoms with E-state index in [0.29, 0.717) is 12.1 Å². The molecule has 0 aliphatic rings. The normalized spacial score (nSPS) is 10.9. The van der Waals surface area contributed by atoms with Crippen LogP contribution in [0.5, 0.6) is 0 Å². The van der Waals surface area contributed by atoms with Crippen LogP contribution < -0.4 is 5.32 Å². The third-order valence-electron chi connectivity index (χ3n) is 3.51. The summed E-state index contributed by atoms with van der Waals surface area (Å²) in [6.45, 7) is 1.63. The quantitative estimate of drug-likeness (QED) is 0.683. The first kappa shape index (κ1) is 13.4. The Kier molecular flexibility index (Phi) is 4.00. The molecule has 1 amide bonds. The van der Waals surface area contributed by atoms with Gasteiger partial charge in [-0.2, -0.15) is 0 Å². The number of hydrogen-bond donors (Lipinski definition) is 2. The summed E-state index contributed by atoms with van der Waals surface area (Å²) in [6.07, 6.45) is 9.39. The monoisotopic (exact) mass is 282 g/mol. The van der Waals surface area contributed by atoms with E-state index in [1.807, 2.05) is 47.6 Å². The minimum absolute atomic E-state index is 0.0193. The van der Waals surface area contributed by atoms with Gasteiger partial charge in [0, 0.05) is 42.8 Å². The van der Waals surface area contributed by atoms with Gasteiger partial charge in [-0.15, -0.1) is 0 Å². The van der Waals surface area contributed by atoms with E-state index in [4.69, 9.17) is 0 Å². The number of rotatable bonds is 6. The first-order valence-corrected chi connectivity index (χ1v) is 7.14. The van der Waals surface area contributed by atoms with Crippen LogP contribution in [0.25, 0.3) is 10.9 Å². The fourth-order valence-electron chi connectivity index (χ4n) is 2.33. The number of nitrogens with one attached hydrogen (secondary N) is 2. The topological polar surface area (TPSA) is 62.7 Å². The van der Waals surface area contributed by atoms with Crippen molar-refractivity contribution in [3.63, 3.8) is 0 Å². The molecular weight excluding hydrogens is 264 g/mol. The van der Waals surface area contributed by atoms with Gasteiger partial charge in [0.15, 0.2) is 0 Å². The van der Waals surface area contributed by atoms with Crippen LogP contribution in [0.1, 0.15) is 23.2 Å². The molecule has 5 heteroatoms. The molecule has 0 atom stereocenters. The number of amides is 1. The van der Waals surface area contributed by atoms with Gasteiger partial charge in [0.05, 0.1) is 6.33 Å². The Bertz CT molecular complexity index is 715. The van der Waals surface area contributed by atoms with Gasteiger partial charge in [0.25, 0.3) is 5.91 Å². The minimum atomic E-state index is -0.0193. The third-order valence-corrected chi connectivity index (χ3v) is 3.51. The average Bonchev–Trinajstić information content (AvgIpc) is 3.17. The Hall–Kier alpha value is -2.56. The Morgan fingerprint density at radius 3 is 3.10 bits per heavy atom. The molecule has 0 bridgehead atoms. The highest BCUT2D eigenvalue weighted by Crippen LogP contribution is 2.14. The van der Waals surface area contributed by atoms with Crippen molar-refractivity contribution in [3.8, 4) is 0 Å². The highest BCUT2D eigenvalue weighted by atomic mass is 16.1. The number of benzene rings is 1. The highest BCUT2D eigenvalue weighted by molar-refractivity contribution is 5.97. The summed E-state index contributed by atoms with van der Waals surface area (Å²) < 4.78 is 2.04. The molecule has 0 radical (unpaired) electrons. The van der Waals surface area contributed by atoms with Crippen molar-refractivity contribution < 1.29 is 4.79 Å². The average molecular weight is 282 g/mol. The van der Waals surface area contributed by atoms with E-state index in [-0.39, 0.29) is 5.91 Å². The van der Waals surface area contributed by atoms with Gasteiger partial charge in [-0.3, -0.25) is 4.79 Å². The SMILES string of the molecule is O=C(NCCCCn1ccnc1)c1ccc2cc[nH]c2c1. The van der Waals surface area contributed by atoms with E-state index >= 15 is 0 Å². The predicted octanol–water partition coefficient (Wildman–Crippen LogP) is 2.57. The summed E-state index contributed by atoms with van der Waals surface area (Å²) in [5.41, 5.74) is 1.68. The first-order valence-electron chi connectivity index (χ1n) is 7.14. The van der Waals surface area contributed by atoms with Crippen molar-refractivity contribution in [1.29, 1.82) is 0 Å². The zero-order valence-electron chi connectivity index (χ0n) is 11.7. The van der Waals surface area contributed by atoms with Crippen molar-refractivity contribution >= 4 is 16.8 Å². The molecule has 3 rings (SSSR count). The molecule has 1 aromatic carbocycles. The summed E-state index contributed by atoms with van der Waals surface area (Å²) in [5, 5.41) is 4.08. The van der Waals surface area contributed by atoms with E-state index in [1.165, 1.54) is 0 Å². The molecule has 0 aliphatic heterocycles. The van der Waals surface area contributed by atoms with Crippen LogP contribution in [0.15, 0.2) is 49.2 Å². The van der Waals surface area contributed by atoms with Crippen LogP contribution in [0, 0.1) is 0 Å². The molecule has 108 valence electrons. The molecular formula is C16H18N4O. The smallest absolute Gasteiger partial charge is 0.251 e. The van der Waals surface area contributed by atoms with Gasteiger partial charge in [-0.25, -0.2) is 4.98 Å². The molecule has 0 aliphatic carbocycles. The summed E-state index contributed by atoms with van der Waals surface area (Å²) in [7, 11) is 0. The summed E-state index contributed by atoms with van der Waals surface area (Å²) >= 11 is 0. The second-order valence-corrected chi connectivity index (χ2v) is 5.04. The Morgan fingerprint density at radius 1 is 1.29 bits per heavy atom. The van der Waals surface area contributed by atoms with E-state index in [0.717, 1.165) is 30.3 Å². The maximum Gasteiger partial charge on any atom is 0.251 e. The number of nitrogens with zero attached hydrogens (tertiary/aromatic N) is 2. The molecule has 0 unspecified atom stereocenters. The Balaban J connectivity index is 1.45. The number of fused-ring (bicyclic) bond motifs is 1. The predicted molar refractivity (Wildman–Crippen MR) is 82.1 cm³/mol. The van der Waals surface area contributed by atoms with Crippen LogP contribution in [-0.2, 0) is 6.54 Å². The number of hydrogen-bond acceptors (Lipinski definition) is 2. The lowest BCUT2D eigenvalue weighted by atomic mass is 10.1. The van der Waals surface area contributed by atoms with Crippen LogP contribution in [0.4, 0.5) is 0 Å². The van der Waals surface area contributed by atoms with Gasteiger partial charge in [0.2, 0.25) is 0 Å². The van der Waals surface area contributed by atoms with E-state index in [9.17, 15) is 4.79 Å². The molecule has 2 N–H and O–H groups in total. The first-order chi connectivity index (χ1) is 10.3. The molecule has 2 aromatic heterocycles. The molecule has 21 heavy (non-hydrogen) atoms. The molecule has 0 spiro atoms. The van der Waals surface area contributed by atoms with Crippen molar-refractivity contribution in [1.82, 2.24) is 19.9 Å². The lowest BCUT2D eigenvalue weighted by Crippen LogP contribution is -2.24. The number of carbonyl (C=O) groups is 1. The second kappa shape index (κ2) is 6.26. The Labute approximate surface area is 123 Å². The zero-order chi connectivity index (χ0) is 14.5. The van der Waals surface area contributed by atoms with Gasteiger partial charge < -0.3 is 14.9 Å². The molecule has 5 nitrogen and oxygen atoms in total. The number of aromatic nitrogens is 3. The maximum atomic E-state index is 12.1. The van der Waals surface area contributed by atoms with Crippen molar-refractivity contribution in [3.05, 3.63) is 54.7 Å². The maximum absolute atomic E-state index is 12.1. The standard InChI is InChI=1S/C16H18N4O/c21-16(14-4-3-13-5-7-18-15(13)11-14)19-6-1-2-9-20-10-8-17-12-20/h3-5,7-8,10-12,18H,1-2,6,9H2,(H,19,21). The van der Waals surface area contributed by atoms with Gasteiger partial charge in [-0.05, 0) is 36.4 Å². The Morgan fingerprint density at radius 2 is 2.24 bits per heavy atom. The number of imidazole rings is 1. The van der Waals surface area contributed by atoms with Gasteiger partial charge in [-0.1, -0.05) is 6.07 Å². The van der Waals surface area contributed by atoms with Gasteiger partial charge >= 0.3 is 0 Å². The zero-order valence-corrected chi connectivity index (χ0v) is 11.7. The van der Waals surface area contributed by atoms with Crippen LogP contribution in [-0.4, -0.2) is 27.0 Å². The van der Waals surface area contributed by atoms with Crippen LogP contribution in [0.3, 0.4) is 0 Å². The summed E-state index contributed by atoms with van der Waals surface area (Å²) in [5.74, 6) is -0.0193. The van der Waals surface area contributed by atoms with Crippen molar-refractivity contribution in [2.75, 3.05) is 6.54 Å². The van der Waals surface area contributed by atoms with E-state index < -0.39 is 0 Å². The van der Waals surface area contributed by atoms with Crippen LogP contribution >= 0.6 is 0 Å². The molecule has 3 aromatic rings. The van der Waals surface area contributed by atoms with Crippen LogP contribution in [0.2, 0.25) is 0 Å². The molecule has 2 heterocycles. The molecule has 0 saturated heterocycles. The van der Waals surface area contributed by atoms with E-state index in [2.05, 4.69) is 15.3 Å². The van der Waals surface area contributed by atoms with E-state index in [1.54, 1.807) is 6.20 Å². The number of aromatic amines is 1. The number of carbonyl (C=O) groups excluding carboxylic acids is 1. The minimum Gasteiger partial charge on any atom is -0.361 e. The molecule has 0 fully saturated rings. The lowest BCUT2D eigenvalue weighted by Gasteiger charge is -2.06. The van der Waals surface area contributed by atoms with Crippen molar-refractivity contribution in [2.45, 2.75) is 19.4 Å². The highest BCUT2D eigenvalue weighted by Gasteiger charge is 2.05. The largest absolute Gasteiger partial charge is 0.361 e. The summed E-state index contributed by atoms with van der Waals surface area (Å²) in [6, 6.07) is 7.69. The molecule has 0 saturated carbocycles. The lowest BCUT2D eigenvalue weighted by molar-refractivity contribution is 0.0953. The third kappa shape index (κ3) is 3.31. The second-order valence-electron chi connectivity index (χ2n) is 5.04. The fourth-order valence-corrected chi connectivity index (χ4v) is 2.33. The van der Waals surface area contributed by atoms with Crippen molar-refractivity contribution in [2.24, 2.45) is 0 Å². The number of aryl methyl sites for hydroxylation is 1. The van der Waals surface area contributed by atoms with Gasteiger partial charge in [0.1, 0.15) is 0 Å². The fraction of sp³-hybridized carbons (Fsp3) is 0.250. The number of H-pyrrole nitrogens is 1. The number of unbranched alkanes of at least 4 members (excludes halogenated alkanes) is 1. The summed E-state index contributed by atoms with van der Waals surface area (Å²) in [4.78, 5) is 19.2.